The zero-order chi connectivity index (χ0) is 17.5. The van der Waals surface area contributed by atoms with Crippen molar-refractivity contribution in [1.82, 2.24) is 9.79 Å². The van der Waals surface area contributed by atoms with E-state index in [-0.39, 0.29) is 6.04 Å². The van der Waals surface area contributed by atoms with Gasteiger partial charge in [0.15, 0.2) is 0 Å². The second-order valence-electron chi connectivity index (χ2n) is 5.55. The van der Waals surface area contributed by atoms with Gasteiger partial charge in [0.2, 0.25) is 11.3 Å². The molecular weight excluding hydrogens is 330 g/mol. The first kappa shape index (κ1) is 18.6. The molecule has 0 saturated carbocycles. The standard InChI is InChI=1S/C16H23N3O4S/c1-2-19(24(22)23)14-9-11-18(12-10-14)15-6-4-3-5-13(15)7-8-16(20)17-21/h3-8,14,21H,2,9-12H2,1H3,(H,17,20)(H,22,23)/b8-7+. The minimum Gasteiger partial charge on any atom is -0.371 e. The van der Waals surface area contributed by atoms with Gasteiger partial charge in [0, 0.05) is 37.4 Å². The van der Waals surface area contributed by atoms with Gasteiger partial charge in [-0.3, -0.25) is 14.6 Å². The van der Waals surface area contributed by atoms with Crippen LogP contribution in [0.15, 0.2) is 30.3 Å². The molecule has 132 valence electrons. The van der Waals surface area contributed by atoms with Gasteiger partial charge >= 0.3 is 0 Å². The van der Waals surface area contributed by atoms with Crippen LogP contribution in [0, 0.1) is 0 Å². The molecule has 1 aromatic carbocycles. The quantitative estimate of drug-likeness (QED) is 0.313. The van der Waals surface area contributed by atoms with Crippen molar-refractivity contribution in [1.29, 1.82) is 0 Å². The van der Waals surface area contributed by atoms with E-state index in [4.69, 9.17) is 5.21 Å². The highest BCUT2D eigenvalue weighted by Gasteiger charge is 2.27. The van der Waals surface area contributed by atoms with Crippen LogP contribution in [0.1, 0.15) is 25.3 Å². The number of hydrogen-bond donors (Lipinski definition) is 3. The summed E-state index contributed by atoms with van der Waals surface area (Å²) in [5, 5.41) is 8.57. The van der Waals surface area contributed by atoms with Crippen molar-refractivity contribution in [2.75, 3.05) is 24.5 Å². The number of amides is 1. The van der Waals surface area contributed by atoms with Crippen molar-refractivity contribution in [3.05, 3.63) is 35.9 Å². The molecule has 1 fully saturated rings. The fourth-order valence-corrected chi connectivity index (χ4v) is 3.70. The number of nitrogens with zero attached hydrogens (tertiary/aromatic N) is 2. The van der Waals surface area contributed by atoms with Crippen LogP contribution >= 0.6 is 0 Å². The summed E-state index contributed by atoms with van der Waals surface area (Å²) in [5.74, 6) is -0.576. The van der Waals surface area contributed by atoms with Crippen molar-refractivity contribution in [2.24, 2.45) is 0 Å². The average molecular weight is 353 g/mol. The molecule has 1 aliphatic heterocycles. The Morgan fingerprint density at radius 2 is 2.08 bits per heavy atom. The van der Waals surface area contributed by atoms with Crippen molar-refractivity contribution < 1.29 is 18.8 Å². The smallest absolute Gasteiger partial charge is 0.267 e. The topological polar surface area (TPSA) is 93.1 Å². The number of anilines is 1. The molecule has 7 nitrogen and oxygen atoms in total. The Morgan fingerprint density at radius 1 is 1.42 bits per heavy atom. The number of benzene rings is 1. The van der Waals surface area contributed by atoms with E-state index in [2.05, 4.69) is 4.90 Å². The highest BCUT2D eigenvalue weighted by atomic mass is 32.2. The van der Waals surface area contributed by atoms with Gasteiger partial charge in [-0.1, -0.05) is 25.1 Å². The highest BCUT2D eigenvalue weighted by Crippen LogP contribution is 2.27. The molecule has 1 aromatic rings. The van der Waals surface area contributed by atoms with E-state index in [1.54, 1.807) is 15.9 Å². The number of nitrogens with one attached hydrogen (secondary N) is 1. The van der Waals surface area contributed by atoms with Crippen LogP contribution in [-0.4, -0.2) is 49.9 Å². The first-order valence-corrected chi connectivity index (χ1v) is 8.97. The summed E-state index contributed by atoms with van der Waals surface area (Å²) in [5.41, 5.74) is 3.46. The van der Waals surface area contributed by atoms with Crippen LogP contribution < -0.4 is 10.4 Å². The summed E-state index contributed by atoms with van der Waals surface area (Å²) in [6, 6.07) is 7.81. The summed E-state index contributed by atoms with van der Waals surface area (Å²) in [7, 11) is 0. The van der Waals surface area contributed by atoms with E-state index in [0.29, 0.717) is 6.54 Å². The summed E-state index contributed by atoms with van der Waals surface area (Å²) in [4.78, 5) is 13.4. The number of para-hydroxylation sites is 1. The maximum Gasteiger partial charge on any atom is 0.267 e. The van der Waals surface area contributed by atoms with E-state index >= 15 is 0 Å². The second-order valence-corrected chi connectivity index (χ2v) is 6.48. The van der Waals surface area contributed by atoms with E-state index in [9.17, 15) is 13.6 Å². The van der Waals surface area contributed by atoms with Gasteiger partial charge in [-0.2, -0.15) is 4.31 Å². The van der Waals surface area contributed by atoms with Crippen molar-refractivity contribution in [2.45, 2.75) is 25.8 Å². The maximum atomic E-state index is 11.4. The second kappa shape index (κ2) is 8.93. The molecule has 0 bridgehead atoms. The van der Waals surface area contributed by atoms with Gasteiger partial charge in [-0.25, -0.2) is 9.69 Å². The average Bonchev–Trinajstić information content (AvgIpc) is 2.61. The molecule has 1 amide bonds. The Balaban J connectivity index is 2.08. The molecule has 1 unspecified atom stereocenters. The van der Waals surface area contributed by atoms with Gasteiger partial charge < -0.3 is 4.90 Å². The van der Waals surface area contributed by atoms with Gasteiger partial charge in [-0.15, -0.1) is 0 Å². The molecule has 2 rings (SSSR count). The summed E-state index contributed by atoms with van der Waals surface area (Å²) in [6.45, 7) is 3.97. The fraction of sp³-hybridized carbons (Fsp3) is 0.438. The third kappa shape index (κ3) is 4.64. The third-order valence-corrected chi connectivity index (χ3v) is 5.14. The van der Waals surface area contributed by atoms with Crippen LogP contribution in [-0.2, 0) is 16.1 Å². The molecule has 3 N–H and O–H groups in total. The monoisotopic (exact) mass is 353 g/mol. The molecule has 1 atom stereocenters. The van der Waals surface area contributed by atoms with Gasteiger partial charge in [0.25, 0.3) is 5.91 Å². The molecule has 0 aliphatic carbocycles. The predicted molar refractivity (Wildman–Crippen MR) is 93.8 cm³/mol. The number of carbonyl (C=O) groups is 1. The van der Waals surface area contributed by atoms with Gasteiger partial charge in [0.05, 0.1) is 0 Å². The molecule has 0 aromatic heterocycles. The molecular formula is C16H23N3O4S. The van der Waals surface area contributed by atoms with E-state index in [0.717, 1.165) is 37.2 Å². The van der Waals surface area contributed by atoms with Crippen LogP contribution in [0.5, 0.6) is 0 Å². The molecule has 1 saturated heterocycles. The lowest BCUT2D eigenvalue weighted by Gasteiger charge is -2.37. The van der Waals surface area contributed by atoms with Crippen LogP contribution in [0.25, 0.3) is 6.08 Å². The lowest BCUT2D eigenvalue weighted by atomic mass is 10.0. The zero-order valence-electron chi connectivity index (χ0n) is 13.6. The molecule has 24 heavy (non-hydrogen) atoms. The van der Waals surface area contributed by atoms with Crippen molar-refractivity contribution in [3.63, 3.8) is 0 Å². The highest BCUT2D eigenvalue weighted by molar-refractivity contribution is 7.76. The van der Waals surface area contributed by atoms with Crippen molar-refractivity contribution >= 4 is 28.9 Å². The van der Waals surface area contributed by atoms with Crippen LogP contribution in [0.3, 0.4) is 0 Å². The Labute approximate surface area is 144 Å². The Bertz CT molecular complexity index is 615. The predicted octanol–water partition coefficient (Wildman–Crippen LogP) is 1.63. The molecule has 1 heterocycles. The zero-order valence-corrected chi connectivity index (χ0v) is 14.4. The minimum absolute atomic E-state index is 0.0972. The van der Waals surface area contributed by atoms with Gasteiger partial charge in [-0.05, 0) is 30.5 Å². The summed E-state index contributed by atoms with van der Waals surface area (Å²) >= 11 is -1.93. The van der Waals surface area contributed by atoms with Crippen LogP contribution in [0.2, 0.25) is 0 Å². The summed E-state index contributed by atoms with van der Waals surface area (Å²) < 4.78 is 22.3. The number of carbonyl (C=O) groups excluding carboxylic acids is 1. The molecule has 0 radical (unpaired) electrons. The van der Waals surface area contributed by atoms with Crippen LogP contribution in [0.4, 0.5) is 5.69 Å². The van der Waals surface area contributed by atoms with E-state index < -0.39 is 17.2 Å². The lowest BCUT2D eigenvalue weighted by molar-refractivity contribution is -0.124. The fourth-order valence-electron chi connectivity index (χ4n) is 3.01. The van der Waals surface area contributed by atoms with Gasteiger partial charge in [0.1, 0.15) is 0 Å². The lowest BCUT2D eigenvalue weighted by Crippen LogP contribution is -2.45. The molecule has 1 aliphatic rings. The van der Waals surface area contributed by atoms with Crippen molar-refractivity contribution in [3.8, 4) is 0 Å². The molecule has 8 heteroatoms. The third-order valence-electron chi connectivity index (χ3n) is 4.19. The number of rotatable bonds is 6. The number of piperidine rings is 1. The Hall–Kier alpha value is -1.74. The first-order chi connectivity index (χ1) is 11.6. The van der Waals surface area contributed by atoms with E-state index in [1.807, 2.05) is 31.2 Å². The molecule has 0 spiro atoms. The Morgan fingerprint density at radius 3 is 2.67 bits per heavy atom. The minimum atomic E-state index is -1.93. The normalized spacial score (nSPS) is 17.4. The SMILES string of the molecule is CCN(C1CCN(c2ccccc2/C=C/C(=O)NO)CC1)S(=O)O. The number of hydroxylamine groups is 1. The number of hydrogen-bond acceptors (Lipinski definition) is 4. The van der Waals surface area contributed by atoms with E-state index in [1.165, 1.54) is 6.08 Å². The first-order valence-electron chi connectivity index (χ1n) is 7.90. The largest absolute Gasteiger partial charge is 0.371 e. The Kier molecular flexibility index (Phi) is 6.92. The summed E-state index contributed by atoms with van der Waals surface area (Å²) in [6.07, 6.45) is 4.54. The maximum absolute atomic E-state index is 11.4.